The van der Waals surface area contributed by atoms with Gasteiger partial charge in [0.25, 0.3) is 0 Å². The first kappa shape index (κ1) is 20.4. The van der Waals surface area contributed by atoms with Crippen LogP contribution in [0.15, 0.2) is 29.2 Å². The summed E-state index contributed by atoms with van der Waals surface area (Å²) in [4.78, 5) is 0.408. The predicted octanol–water partition coefficient (Wildman–Crippen LogP) is 3.03. The van der Waals surface area contributed by atoms with Gasteiger partial charge in [-0.05, 0) is 55.5 Å². The molecule has 1 fully saturated rings. The van der Waals surface area contributed by atoms with Crippen molar-refractivity contribution in [2.45, 2.75) is 43.9 Å². The summed E-state index contributed by atoms with van der Waals surface area (Å²) in [6.45, 7) is 8.50. The van der Waals surface area contributed by atoms with Gasteiger partial charge < -0.3 is 5.32 Å². The van der Waals surface area contributed by atoms with Crippen molar-refractivity contribution in [3.05, 3.63) is 29.8 Å². The van der Waals surface area contributed by atoms with Crippen LogP contribution in [0.4, 0.5) is 0 Å². The van der Waals surface area contributed by atoms with Gasteiger partial charge in [-0.2, -0.15) is 4.31 Å². The van der Waals surface area contributed by atoms with Crippen LogP contribution in [-0.2, 0) is 15.4 Å². The maximum absolute atomic E-state index is 12.8. The SMILES string of the molecule is CNCC1CCCN(S(=O)(=O)c2ccc(C(C)(C)C)cc2)C1.Cl. The minimum Gasteiger partial charge on any atom is -0.319 e. The first-order valence-electron chi connectivity index (χ1n) is 8.00. The molecule has 1 saturated heterocycles. The van der Waals surface area contributed by atoms with Crippen LogP contribution in [-0.4, -0.2) is 39.4 Å². The summed E-state index contributed by atoms with van der Waals surface area (Å²) in [6.07, 6.45) is 2.03. The van der Waals surface area contributed by atoms with Gasteiger partial charge in [0.1, 0.15) is 0 Å². The molecule has 1 atom stereocenters. The standard InChI is InChI=1S/C17H28N2O2S.ClH/c1-17(2,3)15-7-9-16(10-8-15)22(20,21)19-11-5-6-14(13-19)12-18-4;/h7-10,14,18H,5-6,11-13H2,1-4H3;1H. The highest BCUT2D eigenvalue weighted by Gasteiger charge is 2.30. The summed E-state index contributed by atoms with van der Waals surface area (Å²) >= 11 is 0. The lowest BCUT2D eigenvalue weighted by molar-refractivity contribution is 0.263. The Morgan fingerprint density at radius 1 is 1.22 bits per heavy atom. The Balaban J connectivity index is 0.00000264. The number of sulfonamides is 1. The molecule has 132 valence electrons. The molecule has 0 spiro atoms. The molecule has 1 aromatic carbocycles. The van der Waals surface area contributed by atoms with Crippen LogP contribution in [0.3, 0.4) is 0 Å². The van der Waals surface area contributed by atoms with Crippen LogP contribution in [0.25, 0.3) is 0 Å². The quantitative estimate of drug-likeness (QED) is 0.897. The summed E-state index contributed by atoms with van der Waals surface area (Å²) in [5, 5.41) is 3.15. The van der Waals surface area contributed by atoms with Gasteiger partial charge in [-0.25, -0.2) is 8.42 Å². The van der Waals surface area contributed by atoms with Gasteiger partial charge in [-0.15, -0.1) is 12.4 Å². The van der Waals surface area contributed by atoms with Crippen molar-refractivity contribution >= 4 is 22.4 Å². The maximum atomic E-state index is 12.8. The van der Waals surface area contributed by atoms with Crippen LogP contribution in [0, 0.1) is 5.92 Å². The van der Waals surface area contributed by atoms with Crippen molar-refractivity contribution in [1.29, 1.82) is 0 Å². The Hall–Kier alpha value is -0.620. The second kappa shape index (κ2) is 7.97. The van der Waals surface area contributed by atoms with Crippen molar-refractivity contribution < 1.29 is 8.42 Å². The molecule has 2 rings (SSSR count). The molecular formula is C17H29ClN2O2S. The smallest absolute Gasteiger partial charge is 0.243 e. The highest BCUT2D eigenvalue weighted by molar-refractivity contribution is 7.89. The molecule has 0 aliphatic carbocycles. The number of benzene rings is 1. The third-order valence-electron chi connectivity index (χ3n) is 4.33. The monoisotopic (exact) mass is 360 g/mol. The van der Waals surface area contributed by atoms with E-state index in [0.29, 0.717) is 23.9 Å². The summed E-state index contributed by atoms with van der Waals surface area (Å²) in [5.74, 6) is 0.405. The lowest BCUT2D eigenvalue weighted by Gasteiger charge is -2.32. The molecule has 0 radical (unpaired) electrons. The molecule has 6 heteroatoms. The van der Waals surface area contributed by atoms with Gasteiger partial charge in [0, 0.05) is 13.1 Å². The van der Waals surface area contributed by atoms with Crippen molar-refractivity contribution in [3.8, 4) is 0 Å². The molecular weight excluding hydrogens is 332 g/mol. The minimum atomic E-state index is -3.37. The zero-order chi connectivity index (χ0) is 16.4. The predicted molar refractivity (Wildman–Crippen MR) is 97.8 cm³/mol. The van der Waals surface area contributed by atoms with Gasteiger partial charge in [0.15, 0.2) is 0 Å². The first-order chi connectivity index (χ1) is 10.2. The zero-order valence-corrected chi connectivity index (χ0v) is 16.1. The molecule has 0 aromatic heterocycles. The number of hydrogen-bond acceptors (Lipinski definition) is 3. The molecule has 1 aliphatic rings. The number of piperidine rings is 1. The molecule has 1 aliphatic heterocycles. The van der Waals surface area contributed by atoms with E-state index in [1.54, 1.807) is 16.4 Å². The average molecular weight is 361 g/mol. The van der Waals surface area contributed by atoms with Crippen molar-refractivity contribution in [1.82, 2.24) is 9.62 Å². The molecule has 1 unspecified atom stereocenters. The van der Waals surface area contributed by atoms with Crippen LogP contribution in [0.5, 0.6) is 0 Å². The number of hydrogen-bond donors (Lipinski definition) is 1. The van der Waals surface area contributed by atoms with E-state index in [-0.39, 0.29) is 17.8 Å². The fourth-order valence-corrected chi connectivity index (χ4v) is 4.53. The largest absolute Gasteiger partial charge is 0.319 e. The average Bonchev–Trinajstić information content (AvgIpc) is 2.47. The molecule has 4 nitrogen and oxygen atoms in total. The summed E-state index contributed by atoms with van der Waals surface area (Å²) in [5.41, 5.74) is 1.18. The fourth-order valence-electron chi connectivity index (χ4n) is 2.98. The maximum Gasteiger partial charge on any atom is 0.243 e. The van der Waals surface area contributed by atoms with E-state index in [0.717, 1.165) is 24.9 Å². The Morgan fingerprint density at radius 3 is 2.35 bits per heavy atom. The summed E-state index contributed by atoms with van der Waals surface area (Å²) < 4.78 is 27.3. The van der Waals surface area contributed by atoms with Gasteiger partial charge >= 0.3 is 0 Å². The van der Waals surface area contributed by atoms with Gasteiger partial charge in [0.2, 0.25) is 10.0 Å². The lowest BCUT2D eigenvalue weighted by atomic mass is 9.87. The Morgan fingerprint density at radius 2 is 1.83 bits per heavy atom. The topological polar surface area (TPSA) is 49.4 Å². The highest BCUT2D eigenvalue weighted by atomic mass is 35.5. The van der Waals surface area contributed by atoms with Crippen molar-refractivity contribution in [2.75, 3.05) is 26.7 Å². The van der Waals surface area contributed by atoms with E-state index in [2.05, 4.69) is 26.1 Å². The summed E-state index contributed by atoms with van der Waals surface area (Å²) in [6, 6.07) is 7.36. The fraction of sp³-hybridized carbons (Fsp3) is 0.647. The number of rotatable bonds is 4. The lowest BCUT2D eigenvalue weighted by Crippen LogP contribution is -2.42. The van der Waals surface area contributed by atoms with E-state index < -0.39 is 10.0 Å². The highest BCUT2D eigenvalue weighted by Crippen LogP contribution is 2.26. The molecule has 23 heavy (non-hydrogen) atoms. The first-order valence-corrected chi connectivity index (χ1v) is 9.44. The van der Waals surface area contributed by atoms with Gasteiger partial charge in [-0.3, -0.25) is 0 Å². The number of nitrogens with zero attached hydrogens (tertiary/aromatic N) is 1. The van der Waals surface area contributed by atoms with Crippen LogP contribution in [0.1, 0.15) is 39.2 Å². The Kier molecular flexibility index (Phi) is 7.08. The van der Waals surface area contributed by atoms with E-state index in [1.165, 1.54) is 0 Å². The van der Waals surface area contributed by atoms with Crippen LogP contribution < -0.4 is 5.32 Å². The molecule has 0 saturated carbocycles. The minimum absolute atomic E-state index is 0. The molecule has 1 heterocycles. The molecule has 0 amide bonds. The van der Waals surface area contributed by atoms with E-state index in [4.69, 9.17) is 0 Å². The van der Waals surface area contributed by atoms with Gasteiger partial charge in [0.05, 0.1) is 4.90 Å². The Labute approximate surface area is 147 Å². The van der Waals surface area contributed by atoms with Crippen molar-refractivity contribution in [2.24, 2.45) is 5.92 Å². The normalized spacial score (nSPS) is 20.1. The van der Waals surface area contributed by atoms with E-state index >= 15 is 0 Å². The molecule has 1 N–H and O–H groups in total. The number of nitrogens with one attached hydrogen (secondary N) is 1. The summed E-state index contributed by atoms with van der Waals surface area (Å²) in [7, 11) is -1.45. The zero-order valence-electron chi connectivity index (χ0n) is 14.5. The third kappa shape index (κ3) is 4.92. The van der Waals surface area contributed by atoms with E-state index in [1.807, 2.05) is 19.2 Å². The van der Waals surface area contributed by atoms with Crippen molar-refractivity contribution in [3.63, 3.8) is 0 Å². The Bertz CT molecular complexity index is 592. The molecule has 1 aromatic rings. The van der Waals surface area contributed by atoms with Gasteiger partial charge in [-0.1, -0.05) is 32.9 Å². The number of halogens is 1. The van der Waals surface area contributed by atoms with Crippen LogP contribution >= 0.6 is 12.4 Å². The third-order valence-corrected chi connectivity index (χ3v) is 6.21. The van der Waals surface area contributed by atoms with E-state index in [9.17, 15) is 8.42 Å². The van der Waals surface area contributed by atoms with Crippen LogP contribution in [0.2, 0.25) is 0 Å². The molecule has 0 bridgehead atoms. The second-order valence-electron chi connectivity index (χ2n) is 7.20. The second-order valence-corrected chi connectivity index (χ2v) is 9.14.